The molecule has 0 spiro atoms. The van der Waals surface area contributed by atoms with Gasteiger partial charge in [-0.1, -0.05) is 18.6 Å². The van der Waals surface area contributed by atoms with Crippen molar-refractivity contribution in [2.75, 3.05) is 26.2 Å². The minimum atomic E-state index is -3.68. The molecule has 0 bridgehead atoms. The Hall–Kier alpha value is -1.24. The summed E-state index contributed by atoms with van der Waals surface area (Å²) in [5.74, 6) is 0. The zero-order valence-electron chi connectivity index (χ0n) is 19.6. The Morgan fingerprint density at radius 3 is 1.40 bits per heavy atom. The molecular weight excluding hydrogens is 531 g/mol. The van der Waals surface area contributed by atoms with Gasteiger partial charge in [-0.3, -0.25) is 9.80 Å². The van der Waals surface area contributed by atoms with E-state index in [-0.39, 0.29) is 34.6 Å². The first-order valence-electron chi connectivity index (χ1n) is 11.3. The van der Waals surface area contributed by atoms with Crippen LogP contribution in [-0.4, -0.2) is 52.8 Å². The van der Waals surface area contributed by atoms with Gasteiger partial charge in [-0.05, 0) is 85.3 Å². The molecule has 4 rings (SSSR count). The third-order valence-corrected chi connectivity index (χ3v) is 8.47. The van der Waals surface area contributed by atoms with Crippen molar-refractivity contribution in [3.63, 3.8) is 0 Å². The lowest BCUT2D eigenvalue weighted by Crippen LogP contribution is -2.32. The third-order valence-electron chi connectivity index (χ3n) is 6.64. The van der Waals surface area contributed by atoms with Crippen molar-refractivity contribution in [1.82, 2.24) is 9.80 Å². The number of halogens is 2. The Labute approximate surface area is 221 Å². The van der Waals surface area contributed by atoms with Gasteiger partial charge in [0, 0.05) is 26.2 Å². The van der Waals surface area contributed by atoms with Crippen molar-refractivity contribution >= 4 is 44.9 Å². The Morgan fingerprint density at radius 1 is 0.629 bits per heavy atom. The third kappa shape index (κ3) is 7.87. The van der Waals surface area contributed by atoms with Crippen molar-refractivity contribution in [2.24, 2.45) is 10.3 Å². The van der Waals surface area contributed by atoms with Gasteiger partial charge >= 0.3 is 0 Å². The van der Waals surface area contributed by atoms with Crippen LogP contribution in [0.15, 0.2) is 46.2 Å². The maximum atomic E-state index is 11.6. The maximum Gasteiger partial charge on any atom is 0.238 e. The molecule has 0 unspecified atom stereocenters. The molecule has 35 heavy (non-hydrogen) atoms. The Kier molecular flexibility index (Phi) is 10.6. The summed E-state index contributed by atoms with van der Waals surface area (Å²) >= 11 is 0. The number of nitrogens with zero attached hydrogens (tertiary/aromatic N) is 2. The van der Waals surface area contributed by atoms with Gasteiger partial charge in [0.1, 0.15) is 0 Å². The van der Waals surface area contributed by atoms with Crippen LogP contribution in [0, 0.1) is 0 Å². The molecule has 0 radical (unpaired) electrons. The number of fused-ring (bicyclic) bond motifs is 2. The van der Waals surface area contributed by atoms with E-state index < -0.39 is 20.0 Å². The predicted octanol–water partition coefficient (Wildman–Crippen LogP) is 2.41. The Morgan fingerprint density at radius 2 is 1.03 bits per heavy atom. The maximum absolute atomic E-state index is 11.6. The zero-order valence-corrected chi connectivity index (χ0v) is 22.8. The second-order valence-electron chi connectivity index (χ2n) is 9.06. The van der Waals surface area contributed by atoms with Crippen molar-refractivity contribution in [1.29, 1.82) is 0 Å². The summed E-state index contributed by atoms with van der Waals surface area (Å²) in [6, 6.07) is 10.4. The van der Waals surface area contributed by atoms with Gasteiger partial charge in [0.05, 0.1) is 9.79 Å². The predicted molar refractivity (Wildman–Crippen MR) is 142 cm³/mol. The van der Waals surface area contributed by atoms with E-state index in [1.54, 1.807) is 24.3 Å². The number of hydrogen-bond acceptors (Lipinski definition) is 6. The second-order valence-corrected chi connectivity index (χ2v) is 12.2. The SMILES string of the molecule is Cl.Cl.NS(=O)(=O)c1ccc2c(c1)CN(CCCCCN1CCc3ccc(S(N)(=O)=O)cc3C1)CC2. The lowest BCUT2D eigenvalue weighted by molar-refractivity contribution is 0.231. The second kappa shape index (κ2) is 12.3. The lowest BCUT2D eigenvalue weighted by Gasteiger charge is -2.30. The summed E-state index contributed by atoms with van der Waals surface area (Å²) in [7, 11) is -7.35. The van der Waals surface area contributed by atoms with Gasteiger partial charge in [0.2, 0.25) is 20.0 Å². The highest BCUT2D eigenvalue weighted by molar-refractivity contribution is 7.89. The molecule has 0 fully saturated rings. The summed E-state index contributed by atoms with van der Waals surface area (Å²) in [6.07, 6.45) is 5.14. The topological polar surface area (TPSA) is 127 Å². The van der Waals surface area contributed by atoms with Crippen LogP contribution in [0.5, 0.6) is 0 Å². The minimum Gasteiger partial charge on any atom is -0.299 e. The molecule has 2 aliphatic heterocycles. The van der Waals surface area contributed by atoms with E-state index in [1.165, 1.54) is 11.1 Å². The van der Waals surface area contributed by atoms with E-state index in [9.17, 15) is 16.8 Å². The molecule has 2 aliphatic rings. The average Bonchev–Trinajstić information content (AvgIpc) is 2.76. The number of nitrogens with two attached hydrogens (primary N) is 2. The monoisotopic (exact) mass is 564 g/mol. The highest BCUT2D eigenvalue weighted by Crippen LogP contribution is 2.24. The molecule has 8 nitrogen and oxygen atoms in total. The summed E-state index contributed by atoms with van der Waals surface area (Å²) in [5.41, 5.74) is 4.52. The van der Waals surface area contributed by atoms with Crippen LogP contribution in [0.2, 0.25) is 0 Å². The first kappa shape index (κ1) is 30.0. The first-order chi connectivity index (χ1) is 15.6. The molecule has 0 saturated heterocycles. The highest BCUT2D eigenvalue weighted by atomic mass is 35.5. The van der Waals surface area contributed by atoms with Crippen LogP contribution in [0.3, 0.4) is 0 Å². The van der Waals surface area contributed by atoms with Crippen LogP contribution in [0.25, 0.3) is 0 Å². The largest absolute Gasteiger partial charge is 0.299 e. The van der Waals surface area contributed by atoms with Crippen molar-refractivity contribution in [3.8, 4) is 0 Å². The van der Waals surface area contributed by atoms with Gasteiger partial charge in [0.25, 0.3) is 0 Å². The van der Waals surface area contributed by atoms with E-state index in [1.807, 2.05) is 12.1 Å². The number of benzene rings is 2. The zero-order chi connectivity index (χ0) is 23.6. The van der Waals surface area contributed by atoms with Crippen molar-refractivity contribution in [3.05, 3.63) is 58.7 Å². The van der Waals surface area contributed by atoms with Crippen LogP contribution < -0.4 is 10.3 Å². The highest BCUT2D eigenvalue weighted by Gasteiger charge is 2.20. The Balaban J connectivity index is 0.00000216. The van der Waals surface area contributed by atoms with Crippen LogP contribution in [0.1, 0.15) is 41.5 Å². The van der Waals surface area contributed by atoms with Gasteiger partial charge in [-0.25, -0.2) is 27.1 Å². The van der Waals surface area contributed by atoms with Crippen molar-refractivity contribution in [2.45, 2.75) is 55.0 Å². The summed E-state index contributed by atoms with van der Waals surface area (Å²) < 4.78 is 46.5. The van der Waals surface area contributed by atoms with Gasteiger partial charge in [0.15, 0.2) is 0 Å². The van der Waals surface area contributed by atoms with Gasteiger partial charge in [-0.15, -0.1) is 24.8 Å². The first-order valence-corrected chi connectivity index (χ1v) is 14.4. The van der Waals surface area contributed by atoms with Crippen LogP contribution >= 0.6 is 24.8 Å². The van der Waals surface area contributed by atoms with E-state index in [0.717, 1.165) is 82.5 Å². The number of primary sulfonamides is 2. The fourth-order valence-electron chi connectivity index (χ4n) is 4.77. The molecule has 2 heterocycles. The average molecular weight is 566 g/mol. The normalized spacial score (nSPS) is 16.5. The fourth-order valence-corrected chi connectivity index (χ4v) is 5.90. The molecule has 0 atom stereocenters. The Bertz CT molecular complexity index is 1140. The summed E-state index contributed by atoms with van der Waals surface area (Å²) in [6.45, 7) is 5.45. The van der Waals surface area contributed by atoms with E-state index in [4.69, 9.17) is 10.3 Å². The number of unbranched alkanes of at least 4 members (excludes halogenated alkanes) is 2. The fraction of sp³-hybridized carbons (Fsp3) is 0.478. The quantitative estimate of drug-likeness (QED) is 0.474. The summed E-state index contributed by atoms with van der Waals surface area (Å²) in [4.78, 5) is 5.12. The molecule has 0 aromatic heterocycles. The van der Waals surface area contributed by atoms with Crippen molar-refractivity contribution < 1.29 is 16.8 Å². The number of hydrogen-bond donors (Lipinski definition) is 2. The van der Waals surface area contributed by atoms with E-state index >= 15 is 0 Å². The molecular formula is C23H34Cl2N4O4S2. The molecule has 4 N–H and O–H groups in total. The van der Waals surface area contributed by atoms with Gasteiger partial charge < -0.3 is 0 Å². The van der Waals surface area contributed by atoms with Crippen LogP contribution in [0.4, 0.5) is 0 Å². The van der Waals surface area contributed by atoms with Gasteiger partial charge in [-0.2, -0.15) is 0 Å². The standard InChI is InChI=1S/C23H32N4O4S2.2ClH/c24-32(28,29)22-6-4-18-8-12-26(16-20(18)14-22)10-2-1-3-11-27-13-9-19-5-7-23(33(25,30)31)15-21(19)17-27;;/h4-7,14-15H,1-3,8-13,16-17H2,(H2,24,28,29)(H2,25,30,31);2*1H. The molecule has 196 valence electrons. The number of rotatable bonds is 8. The molecule has 0 amide bonds. The minimum absolute atomic E-state index is 0. The number of sulfonamides is 2. The van der Waals surface area contributed by atoms with Crippen LogP contribution in [-0.2, 0) is 46.0 Å². The van der Waals surface area contributed by atoms with E-state index in [0.29, 0.717) is 0 Å². The molecule has 2 aromatic rings. The molecule has 0 saturated carbocycles. The summed E-state index contributed by atoms with van der Waals surface area (Å²) in [5, 5.41) is 10.5. The lowest BCUT2D eigenvalue weighted by atomic mass is 9.99. The molecule has 12 heteroatoms. The molecule has 2 aromatic carbocycles. The smallest absolute Gasteiger partial charge is 0.238 e. The molecule has 0 aliphatic carbocycles. The van der Waals surface area contributed by atoms with E-state index in [2.05, 4.69) is 9.80 Å².